The van der Waals surface area contributed by atoms with Crippen molar-refractivity contribution in [3.63, 3.8) is 0 Å². The summed E-state index contributed by atoms with van der Waals surface area (Å²) in [4.78, 5) is 0. The number of hydrogen-bond acceptors (Lipinski definition) is 2. The van der Waals surface area contributed by atoms with Gasteiger partial charge in [0.1, 0.15) is 5.75 Å². The van der Waals surface area contributed by atoms with Crippen molar-refractivity contribution in [1.82, 2.24) is 0 Å². The van der Waals surface area contributed by atoms with Crippen molar-refractivity contribution in [2.75, 3.05) is 6.61 Å². The van der Waals surface area contributed by atoms with Crippen LogP contribution in [0.1, 0.15) is 91.8 Å². The second-order valence-electron chi connectivity index (χ2n) is 9.72. The molecule has 0 radical (unpaired) electrons. The molecule has 1 aromatic carbocycles. The standard InChI is InChI=1S/C26H41NO/c1-10-11-15-28-24-22(20(3)14-12-13-19(2)18-27)16-21(25(4,5)6)17-23(24)26(7,8)9/h12-14,16-18H,10-11,15,27H2,1-9H3/b13-12+,19-18+,20-14-. The molecule has 0 bridgehead atoms. The summed E-state index contributed by atoms with van der Waals surface area (Å²) in [6.45, 7) is 20.7. The van der Waals surface area contributed by atoms with E-state index in [4.69, 9.17) is 10.5 Å². The monoisotopic (exact) mass is 383 g/mol. The zero-order chi connectivity index (χ0) is 21.5. The van der Waals surface area contributed by atoms with Gasteiger partial charge in [0.2, 0.25) is 0 Å². The summed E-state index contributed by atoms with van der Waals surface area (Å²) >= 11 is 0. The van der Waals surface area contributed by atoms with Crippen LogP contribution in [-0.2, 0) is 10.8 Å². The van der Waals surface area contributed by atoms with E-state index < -0.39 is 0 Å². The molecule has 0 aliphatic carbocycles. The van der Waals surface area contributed by atoms with Gasteiger partial charge in [0.25, 0.3) is 0 Å². The van der Waals surface area contributed by atoms with Gasteiger partial charge in [0, 0.05) is 11.1 Å². The Bertz CT molecular complexity index is 737. The van der Waals surface area contributed by atoms with Crippen molar-refractivity contribution in [1.29, 1.82) is 0 Å². The van der Waals surface area contributed by atoms with Crippen LogP contribution in [0.15, 0.2) is 42.1 Å². The fraction of sp³-hybridized carbons (Fsp3) is 0.538. The first-order valence-corrected chi connectivity index (χ1v) is 10.5. The Morgan fingerprint density at radius 1 is 1.04 bits per heavy atom. The highest BCUT2D eigenvalue weighted by atomic mass is 16.5. The smallest absolute Gasteiger partial charge is 0.130 e. The Labute approximate surface area is 173 Å². The normalized spacial score (nSPS) is 14.0. The maximum absolute atomic E-state index is 6.38. The molecule has 0 atom stereocenters. The second-order valence-corrected chi connectivity index (χ2v) is 9.72. The van der Waals surface area contributed by atoms with Crippen molar-refractivity contribution < 1.29 is 4.74 Å². The van der Waals surface area contributed by atoms with Gasteiger partial charge in [0.15, 0.2) is 0 Å². The predicted molar refractivity (Wildman–Crippen MR) is 125 cm³/mol. The van der Waals surface area contributed by atoms with Crippen LogP contribution in [0.5, 0.6) is 5.75 Å². The van der Waals surface area contributed by atoms with E-state index in [1.54, 1.807) is 6.20 Å². The maximum Gasteiger partial charge on any atom is 0.130 e. The molecule has 1 aromatic rings. The molecule has 0 aliphatic rings. The van der Waals surface area contributed by atoms with Gasteiger partial charge in [-0.1, -0.05) is 79.2 Å². The van der Waals surface area contributed by atoms with Gasteiger partial charge < -0.3 is 10.5 Å². The quantitative estimate of drug-likeness (QED) is 0.396. The van der Waals surface area contributed by atoms with Gasteiger partial charge >= 0.3 is 0 Å². The topological polar surface area (TPSA) is 35.2 Å². The van der Waals surface area contributed by atoms with Crippen LogP contribution < -0.4 is 10.5 Å². The zero-order valence-corrected chi connectivity index (χ0v) is 19.6. The lowest BCUT2D eigenvalue weighted by Crippen LogP contribution is -2.19. The largest absolute Gasteiger partial charge is 0.493 e. The highest BCUT2D eigenvalue weighted by Crippen LogP contribution is 2.41. The number of unbranched alkanes of at least 4 members (excludes halogenated alkanes) is 1. The summed E-state index contributed by atoms with van der Waals surface area (Å²) in [7, 11) is 0. The van der Waals surface area contributed by atoms with Crippen LogP contribution in [0.25, 0.3) is 5.57 Å². The third kappa shape index (κ3) is 6.89. The number of rotatable bonds is 7. The molecule has 2 N–H and O–H groups in total. The molecule has 0 fully saturated rings. The zero-order valence-electron chi connectivity index (χ0n) is 19.6. The third-order valence-electron chi connectivity index (χ3n) is 4.90. The van der Waals surface area contributed by atoms with Gasteiger partial charge in [-0.05, 0) is 60.1 Å². The molecular formula is C26H41NO. The van der Waals surface area contributed by atoms with Gasteiger partial charge in [-0.2, -0.15) is 0 Å². The summed E-state index contributed by atoms with van der Waals surface area (Å²) in [5.74, 6) is 1.03. The van der Waals surface area contributed by atoms with Crippen LogP contribution in [-0.4, -0.2) is 6.61 Å². The van der Waals surface area contributed by atoms with Crippen molar-refractivity contribution in [2.24, 2.45) is 5.73 Å². The number of benzene rings is 1. The van der Waals surface area contributed by atoms with Gasteiger partial charge in [-0.3, -0.25) is 0 Å². The molecule has 2 heteroatoms. The van der Waals surface area contributed by atoms with E-state index in [1.807, 2.05) is 13.0 Å². The Balaban J connectivity index is 3.63. The summed E-state index contributed by atoms with van der Waals surface area (Å²) < 4.78 is 6.38. The molecule has 156 valence electrons. The lowest BCUT2D eigenvalue weighted by molar-refractivity contribution is 0.300. The van der Waals surface area contributed by atoms with Crippen molar-refractivity contribution in [3.05, 3.63) is 58.8 Å². The van der Waals surface area contributed by atoms with Crippen LogP contribution >= 0.6 is 0 Å². The van der Waals surface area contributed by atoms with Crippen molar-refractivity contribution in [3.8, 4) is 5.75 Å². The van der Waals surface area contributed by atoms with Gasteiger partial charge in [-0.25, -0.2) is 0 Å². The molecule has 0 saturated heterocycles. The summed E-state index contributed by atoms with van der Waals surface area (Å²) in [5.41, 5.74) is 11.7. The van der Waals surface area contributed by atoms with Crippen LogP contribution in [0.3, 0.4) is 0 Å². The fourth-order valence-corrected chi connectivity index (χ4v) is 2.88. The predicted octanol–water partition coefficient (Wildman–Crippen LogP) is 7.28. The Kier molecular flexibility index (Phi) is 8.60. The van der Waals surface area contributed by atoms with Gasteiger partial charge in [0.05, 0.1) is 6.61 Å². The van der Waals surface area contributed by atoms with E-state index in [2.05, 4.69) is 79.7 Å². The van der Waals surface area contributed by atoms with Crippen molar-refractivity contribution in [2.45, 2.75) is 86.0 Å². The molecule has 0 aromatic heterocycles. The summed E-state index contributed by atoms with van der Waals surface area (Å²) in [6, 6.07) is 4.65. The third-order valence-corrected chi connectivity index (χ3v) is 4.90. The highest BCUT2D eigenvalue weighted by Gasteiger charge is 2.26. The van der Waals surface area contributed by atoms with E-state index in [0.717, 1.165) is 30.8 Å². The minimum Gasteiger partial charge on any atom is -0.493 e. The molecule has 0 amide bonds. The molecule has 0 saturated carbocycles. The SMILES string of the molecule is CCCCOc1c(\C(C)=C/C=C/C(C)=C/N)cc(C(C)(C)C)cc1C(C)(C)C. The van der Waals surface area contributed by atoms with E-state index in [0.29, 0.717) is 0 Å². The molecule has 0 heterocycles. The van der Waals surface area contributed by atoms with Crippen LogP contribution in [0, 0.1) is 0 Å². The molecule has 0 spiro atoms. The highest BCUT2D eigenvalue weighted by molar-refractivity contribution is 5.73. The summed E-state index contributed by atoms with van der Waals surface area (Å²) in [6.07, 6.45) is 10.0. The average Bonchev–Trinajstić information content (AvgIpc) is 2.59. The first kappa shape index (κ1) is 24.1. The van der Waals surface area contributed by atoms with E-state index in [1.165, 1.54) is 22.3 Å². The number of ether oxygens (including phenoxy) is 1. The fourth-order valence-electron chi connectivity index (χ4n) is 2.88. The molecule has 0 aliphatic heterocycles. The van der Waals surface area contributed by atoms with E-state index >= 15 is 0 Å². The molecule has 28 heavy (non-hydrogen) atoms. The number of hydrogen-bond donors (Lipinski definition) is 1. The molecule has 0 unspecified atom stereocenters. The Morgan fingerprint density at radius 3 is 2.18 bits per heavy atom. The maximum atomic E-state index is 6.38. The van der Waals surface area contributed by atoms with E-state index in [-0.39, 0.29) is 10.8 Å². The summed E-state index contributed by atoms with van der Waals surface area (Å²) in [5, 5.41) is 0. The average molecular weight is 384 g/mol. The van der Waals surface area contributed by atoms with E-state index in [9.17, 15) is 0 Å². The second kappa shape index (κ2) is 10.0. The van der Waals surface area contributed by atoms with Crippen molar-refractivity contribution >= 4 is 5.57 Å². The van der Waals surface area contributed by atoms with Crippen LogP contribution in [0.2, 0.25) is 0 Å². The van der Waals surface area contributed by atoms with Crippen LogP contribution in [0.4, 0.5) is 0 Å². The number of nitrogens with two attached hydrogens (primary N) is 1. The Morgan fingerprint density at radius 2 is 1.68 bits per heavy atom. The Hall–Kier alpha value is -1.96. The molecular weight excluding hydrogens is 342 g/mol. The lowest BCUT2D eigenvalue weighted by atomic mass is 9.78. The molecule has 2 nitrogen and oxygen atoms in total. The van der Waals surface area contributed by atoms with Gasteiger partial charge in [-0.15, -0.1) is 0 Å². The first-order chi connectivity index (χ1) is 12.9. The molecule has 1 rings (SSSR count). The minimum atomic E-state index is 0.00650. The first-order valence-electron chi connectivity index (χ1n) is 10.5. The number of allylic oxidation sites excluding steroid dienone is 5. The lowest BCUT2D eigenvalue weighted by Gasteiger charge is -2.29. The minimum absolute atomic E-state index is 0.00650.